The van der Waals surface area contributed by atoms with Gasteiger partial charge in [-0.05, 0) is 48.6 Å². The summed E-state index contributed by atoms with van der Waals surface area (Å²) in [5.74, 6) is -0.611. The number of aliphatic hydroxyl groups excluding tert-OH is 2. The number of ether oxygens (including phenoxy) is 1. The summed E-state index contributed by atoms with van der Waals surface area (Å²) in [4.78, 5) is 10.5. The monoisotopic (exact) mass is 436 g/mol. The Morgan fingerprint density at radius 1 is 1.17 bits per heavy atom. The number of carboxylic acids is 1. The topological polar surface area (TPSA) is 87.0 Å². The van der Waals surface area contributed by atoms with E-state index < -0.39 is 18.2 Å². The summed E-state index contributed by atoms with van der Waals surface area (Å²) >= 11 is 6.54. The maximum absolute atomic E-state index is 10.7. The van der Waals surface area contributed by atoms with Gasteiger partial charge < -0.3 is 20.1 Å². The van der Waals surface area contributed by atoms with Crippen LogP contribution in [0.2, 0.25) is 0 Å². The molecule has 30 heavy (non-hydrogen) atoms. The first-order valence-electron chi connectivity index (χ1n) is 11.0. The molecule has 2 aliphatic carbocycles. The minimum absolute atomic E-state index is 0.0574. The van der Waals surface area contributed by atoms with Gasteiger partial charge >= 0.3 is 5.97 Å². The third-order valence-corrected chi connectivity index (χ3v) is 7.08. The van der Waals surface area contributed by atoms with Crippen LogP contribution in [0.4, 0.5) is 0 Å². The second-order valence-electron chi connectivity index (χ2n) is 8.63. The lowest BCUT2D eigenvalue weighted by Gasteiger charge is -2.27. The molecule has 0 spiro atoms. The van der Waals surface area contributed by atoms with Crippen LogP contribution in [-0.4, -0.2) is 46.0 Å². The molecule has 0 saturated heterocycles. The zero-order valence-corrected chi connectivity index (χ0v) is 18.1. The van der Waals surface area contributed by atoms with Crippen LogP contribution in [0.25, 0.3) is 0 Å². The fourth-order valence-electron chi connectivity index (χ4n) is 5.00. The molecule has 2 fully saturated rings. The lowest BCUT2D eigenvalue weighted by molar-refractivity contribution is -0.141. The van der Waals surface area contributed by atoms with Crippen molar-refractivity contribution < 1.29 is 24.9 Å². The number of halogens is 1. The molecule has 0 aromatic heterocycles. The summed E-state index contributed by atoms with van der Waals surface area (Å²) < 4.78 is 5.01. The Kier molecular flexibility index (Phi) is 8.75. The van der Waals surface area contributed by atoms with Gasteiger partial charge in [0.05, 0.1) is 18.8 Å². The summed E-state index contributed by atoms with van der Waals surface area (Å²) in [7, 11) is 0. The molecule has 0 amide bonds. The largest absolute Gasteiger partial charge is 0.480 e. The first-order chi connectivity index (χ1) is 14.5. The molecule has 0 bridgehead atoms. The number of benzene rings is 1. The standard InChI is InChI=1S/C24H33ClO5/c25-20-14-21(26)23(19(20)8-4-5-13-30-15-22(27)28)16-9-11-18(12-10-16)24(29)17-6-2-1-3-7-17/h4-5,9-12,17,19-21,23-24,26,29H,1-3,6-8,13-15H2,(H,27,28)/b5-4-. The quantitative estimate of drug-likeness (QED) is 0.303. The molecule has 6 heteroatoms. The van der Waals surface area contributed by atoms with Gasteiger partial charge in [0.15, 0.2) is 0 Å². The highest BCUT2D eigenvalue weighted by Crippen LogP contribution is 2.45. The normalized spacial score (nSPS) is 28.8. The maximum atomic E-state index is 10.7. The van der Waals surface area contributed by atoms with Gasteiger partial charge in [-0.2, -0.15) is 0 Å². The molecule has 2 aliphatic rings. The molecule has 0 radical (unpaired) electrons. The van der Waals surface area contributed by atoms with E-state index in [2.05, 4.69) is 0 Å². The predicted octanol–water partition coefficient (Wildman–Crippen LogP) is 4.42. The number of aliphatic carboxylic acids is 1. The fraction of sp³-hybridized carbons (Fsp3) is 0.625. The minimum Gasteiger partial charge on any atom is -0.480 e. The Bertz CT molecular complexity index is 698. The number of rotatable bonds is 9. The first-order valence-corrected chi connectivity index (χ1v) is 11.5. The van der Waals surface area contributed by atoms with E-state index >= 15 is 0 Å². The first kappa shape index (κ1) is 23.3. The lowest BCUT2D eigenvalue weighted by atomic mass is 9.81. The smallest absolute Gasteiger partial charge is 0.329 e. The second kappa shape index (κ2) is 11.3. The van der Waals surface area contributed by atoms with E-state index in [1.807, 2.05) is 30.3 Å². The van der Waals surface area contributed by atoms with Gasteiger partial charge in [-0.25, -0.2) is 4.79 Å². The van der Waals surface area contributed by atoms with Gasteiger partial charge in [0.1, 0.15) is 6.61 Å². The van der Waals surface area contributed by atoms with Crippen LogP contribution in [0.3, 0.4) is 0 Å². The summed E-state index contributed by atoms with van der Waals surface area (Å²) in [6, 6.07) is 8.04. The Morgan fingerprint density at radius 3 is 2.53 bits per heavy atom. The van der Waals surface area contributed by atoms with Gasteiger partial charge in [0, 0.05) is 11.3 Å². The highest BCUT2D eigenvalue weighted by molar-refractivity contribution is 6.21. The minimum atomic E-state index is -0.986. The molecule has 5 atom stereocenters. The number of hydrogen-bond donors (Lipinski definition) is 3. The third-order valence-electron chi connectivity index (χ3n) is 6.58. The highest BCUT2D eigenvalue weighted by Gasteiger charge is 2.41. The van der Waals surface area contributed by atoms with E-state index in [0.29, 0.717) is 18.8 Å². The Morgan fingerprint density at radius 2 is 1.87 bits per heavy atom. The van der Waals surface area contributed by atoms with Crippen LogP contribution >= 0.6 is 11.6 Å². The molecule has 5 unspecified atom stereocenters. The van der Waals surface area contributed by atoms with E-state index in [0.717, 1.165) is 24.0 Å². The van der Waals surface area contributed by atoms with Crippen molar-refractivity contribution in [2.24, 2.45) is 11.8 Å². The number of allylic oxidation sites excluding steroid dienone is 1. The van der Waals surface area contributed by atoms with Gasteiger partial charge in [0.2, 0.25) is 0 Å². The summed E-state index contributed by atoms with van der Waals surface area (Å²) in [5.41, 5.74) is 2.00. The van der Waals surface area contributed by atoms with Crippen molar-refractivity contribution in [1.82, 2.24) is 0 Å². The maximum Gasteiger partial charge on any atom is 0.329 e. The highest BCUT2D eigenvalue weighted by atomic mass is 35.5. The van der Waals surface area contributed by atoms with E-state index in [-0.39, 0.29) is 30.4 Å². The summed E-state index contributed by atoms with van der Waals surface area (Å²) in [6.07, 6.45) is 9.91. The summed E-state index contributed by atoms with van der Waals surface area (Å²) in [6.45, 7) is -0.0702. The van der Waals surface area contributed by atoms with Crippen LogP contribution in [0.15, 0.2) is 36.4 Å². The van der Waals surface area contributed by atoms with Crippen molar-refractivity contribution in [3.8, 4) is 0 Å². The predicted molar refractivity (Wildman–Crippen MR) is 117 cm³/mol. The Balaban J connectivity index is 1.61. The lowest BCUT2D eigenvalue weighted by Crippen LogP contribution is -2.19. The zero-order valence-electron chi connectivity index (χ0n) is 17.3. The van der Waals surface area contributed by atoms with Crippen LogP contribution in [0, 0.1) is 11.8 Å². The number of hydrogen-bond acceptors (Lipinski definition) is 4. The van der Waals surface area contributed by atoms with Gasteiger partial charge in [-0.3, -0.25) is 0 Å². The molecule has 1 aromatic rings. The molecule has 1 aromatic carbocycles. The SMILES string of the molecule is O=C(O)COC/C=C\CC1C(Cl)CC(O)C1c1ccc(C(O)C2CCCCC2)cc1. The van der Waals surface area contributed by atoms with Crippen molar-refractivity contribution in [3.05, 3.63) is 47.5 Å². The third kappa shape index (κ3) is 6.07. The van der Waals surface area contributed by atoms with Crippen LogP contribution in [0.5, 0.6) is 0 Å². The van der Waals surface area contributed by atoms with Crippen LogP contribution in [-0.2, 0) is 9.53 Å². The van der Waals surface area contributed by atoms with E-state index in [4.69, 9.17) is 21.4 Å². The number of carbonyl (C=O) groups is 1. The van der Waals surface area contributed by atoms with Gasteiger partial charge in [-0.1, -0.05) is 55.7 Å². The molecule has 166 valence electrons. The second-order valence-corrected chi connectivity index (χ2v) is 9.19. The van der Waals surface area contributed by atoms with Crippen LogP contribution < -0.4 is 0 Å². The average Bonchev–Trinajstić information content (AvgIpc) is 3.03. The molecular formula is C24H33ClO5. The molecular weight excluding hydrogens is 404 g/mol. The molecule has 2 saturated carbocycles. The Hall–Kier alpha value is -1.40. The fourth-order valence-corrected chi connectivity index (χ4v) is 5.44. The molecule has 3 rings (SSSR count). The van der Waals surface area contributed by atoms with E-state index in [1.165, 1.54) is 19.3 Å². The van der Waals surface area contributed by atoms with Crippen molar-refractivity contribution in [3.63, 3.8) is 0 Å². The molecule has 0 aliphatic heterocycles. The number of carboxylic acid groups (broad SMARTS) is 1. The summed E-state index contributed by atoms with van der Waals surface area (Å²) in [5, 5.41) is 29.8. The Labute approximate surface area is 183 Å². The van der Waals surface area contributed by atoms with E-state index in [9.17, 15) is 15.0 Å². The number of aliphatic hydroxyl groups is 2. The molecule has 3 N–H and O–H groups in total. The van der Waals surface area contributed by atoms with Gasteiger partial charge in [0.25, 0.3) is 0 Å². The van der Waals surface area contributed by atoms with Gasteiger partial charge in [-0.15, -0.1) is 11.6 Å². The van der Waals surface area contributed by atoms with Crippen LogP contribution in [0.1, 0.15) is 68.1 Å². The molecule has 0 heterocycles. The van der Waals surface area contributed by atoms with Crippen molar-refractivity contribution in [2.45, 2.75) is 68.4 Å². The zero-order chi connectivity index (χ0) is 21.5. The number of alkyl halides is 1. The van der Waals surface area contributed by atoms with E-state index in [1.54, 1.807) is 6.08 Å². The molecule has 5 nitrogen and oxygen atoms in total. The van der Waals surface area contributed by atoms with Crippen molar-refractivity contribution in [2.75, 3.05) is 13.2 Å². The average molecular weight is 437 g/mol. The van der Waals surface area contributed by atoms with Crippen molar-refractivity contribution in [1.29, 1.82) is 0 Å². The van der Waals surface area contributed by atoms with Crippen molar-refractivity contribution >= 4 is 17.6 Å².